The molecule has 126 valence electrons. The van der Waals surface area contributed by atoms with Gasteiger partial charge < -0.3 is 10.0 Å². The first-order valence-corrected chi connectivity index (χ1v) is 8.17. The summed E-state index contributed by atoms with van der Waals surface area (Å²) in [5.41, 5.74) is -2.22. The van der Waals surface area contributed by atoms with E-state index in [4.69, 9.17) is 0 Å². The van der Waals surface area contributed by atoms with Crippen LogP contribution in [0.4, 0.5) is 13.2 Å². The number of alkyl halides is 3. The number of thiazole rings is 1. The van der Waals surface area contributed by atoms with Gasteiger partial charge in [-0.1, -0.05) is 0 Å². The van der Waals surface area contributed by atoms with E-state index in [0.717, 1.165) is 16.7 Å². The van der Waals surface area contributed by atoms with Crippen molar-refractivity contribution in [1.29, 1.82) is 0 Å². The van der Waals surface area contributed by atoms with E-state index in [1.165, 1.54) is 4.90 Å². The molecule has 1 aromatic heterocycles. The van der Waals surface area contributed by atoms with Crippen LogP contribution in [0.15, 0.2) is 5.38 Å². The lowest BCUT2D eigenvalue weighted by atomic mass is 9.96. The largest absolute Gasteiger partial charge is 0.480 e. The number of aromatic nitrogens is 1. The number of aliphatic carboxylic acids is 1. The second-order valence-corrected chi connectivity index (χ2v) is 6.94. The minimum absolute atomic E-state index is 0.235. The molecule has 0 radical (unpaired) electrons. The second kappa shape index (κ2) is 5.47. The normalized spacial score (nSPS) is 23.6. The summed E-state index contributed by atoms with van der Waals surface area (Å²) < 4.78 is 37.9. The molecule has 1 aliphatic carbocycles. The summed E-state index contributed by atoms with van der Waals surface area (Å²) >= 11 is 0.941. The summed E-state index contributed by atoms with van der Waals surface area (Å²) in [6.45, 7) is 0.681. The van der Waals surface area contributed by atoms with Crippen LogP contribution in [0.3, 0.4) is 0 Å². The average molecular weight is 348 g/mol. The predicted octanol–water partition coefficient (Wildman–Crippen LogP) is 2.73. The summed E-state index contributed by atoms with van der Waals surface area (Å²) in [6.07, 6.45) is -2.53. The van der Waals surface area contributed by atoms with Crippen LogP contribution in [0.1, 0.15) is 42.3 Å². The van der Waals surface area contributed by atoms with Crippen LogP contribution in [0.2, 0.25) is 0 Å². The van der Waals surface area contributed by atoms with Gasteiger partial charge in [0.15, 0.2) is 5.69 Å². The Labute approximate surface area is 134 Å². The van der Waals surface area contributed by atoms with Crippen molar-refractivity contribution in [1.82, 2.24) is 9.88 Å². The molecule has 1 aliphatic heterocycles. The van der Waals surface area contributed by atoms with Gasteiger partial charge in [0.05, 0.1) is 5.01 Å². The smallest absolute Gasteiger partial charge is 0.434 e. The van der Waals surface area contributed by atoms with Crippen LogP contribution in [0.25, 0.3) is 0 Å². The van der Waals surface area contributed by atoms with Crippen LogP contribution in [0, 0.1) is 5.41 Å². The molecule has 9 heteroatoms. The number of carboxylic acid groups (broad SMARTS) is 1. The van der Waals surface area contributed by atoms with Gasteiger partial charge in [-0.05, 0) is 25.7 Å². The van der Waals surface area contributed by atoms with Crippen molar-refractivity contribution >= 4 is 23.2 Å². The topological polar surface area (TPSA) is 70.5 Å². The van der Waals surface area contributed by atoms with E-state index >= 15 is 0 Å². The van der Waals surface area contributed by atoms with E-state index < -0.39 is 29.2 Å². The van der Waals surface area contributed by atoms with E-state index in [2.05, 4.69) is 4.98 Å². The quantitative estimate of drug-likeness (QED) is 0.853. The van der Waals surface area contributed by atoms with Gasteiger partial charge in [0, 0.05) is 24.4 Å². The van der Waals surface area contributed by atoms with Crippen LogP contribution >= 0.6 is 11.3 Å². The monoisotopic (exact) mass is 348 g/mol. The molecule has 2 fully saturated rings. The Bertz CT molecular complexity index is 639. The summed E-state index contributed by atoms with van der Waals surface area (Å²) in [6, 6.07) is 0. The van der Waals surface area contributed by atoms with Crippen molar-refractivity contribution in [2.24, 2.45) is 5.41 Å². The Morgan fingerprint density at radius 1 is 1.39 bits per heavy atom. The van der Waals surface area contributed by atoms with Gasteiger partial charge in [-0.15, -0.1) is 11.3 Å². The fraction of sp³-hybridized carbons (Fsp3) is 0.643. The Kier molecular flexibility index (Phi) is 3.86. The molecule has 1 saturated heterocycles. The van der Waals surface area contributed by atoms with Crippen molar-refractivity contribution in [3.63, 3.8) is 0 Å². The lowest BCUT2D eigenvalue weighted by Crippen LogP contribution is -2.45. The van der Waals surface area contributed by atoms with Gasteiger partial charge in [-0.25, -0.2) is 4.98 Å². The lowest BCUT2D eigenvalue weighted by Gasteiger charge is -2.33. The van der Waals surface area contributed by atoms with E-state index in [0.29, 0.717) is 37.2 Å². The van der Waals surface area contributed by atoms with E-state index in [9.17, 15) is 27.9 Å². The molecule has 0 spiro atoms. The number of likely N-dealkylation sites (tertiary alicyclic amines) is 1. The third kappa shape index (κ3) is 2.93. The number of carbonyl (C=O) groups is 2. The van der Waals surface area contributed by atoms with Gasteiger partial charge in [-0.2, -0.15) is 13.2 Å². The molecule has 1 saturated carbocycles. The average Bonchev–Trinajstić information content (AvgIpc) is 3.15. The standard InChI is InChI=1S/C14H15F3N2O3S/c15-14(16,17)9-7-23-10(18-9)8-2-1-5-19(6-8)11(20)13(3-4-13)12(21)22/h7-8H,1-6H2,(H,21,22). The highest BCUT2D eigenvalue weighted by atomic mass is 32.1. The number of hydrogen-bond acceptors (Lipinski definition) is 4. The minimum atomic E-state index is -4.47. The van der Waals surface area contributed by atoms with Crippen LogP contribution in [0.5, 0.6) is 0 Å². The summed E-state index contributed by atoms with van der Waals surface area (Å²) in [7, 11) is 0. The second-order valence-electron chi connectivity index (χ2n) is 6.05. The Morgan fingerprint density at radius 3 is 2.61 bits per heavy atom. The molecule has 2 aliphatic rings. The third-order valence-corrected chi connectivity index (χ3v) is 5.45. The zero-order valence-electron chi connectivity index (χ0n) is 12.1. The predicted molar refractivity (Wildman–Crippen MR) is 75.0 cm³/mol. The number of rotatable bonds is 3. The van der Waals surface area contributed by atoms with E-state index in [1.54, 1.807) is 0 Å². The van der Waals surface area contributed by atoms with Gasteiger partial charge in [0.2, 0.25) is 5.91 Å². The highest BCUT2D eigenvalue weighted by molar-refractivity contribution is 7.09. The number of piperidine rings is 1. The van der Waals surface area contributed by atoms with Crippen molar-refractivity contribution in [3.05, 3.63) is 16.1 Å². The van der Waals surface area contributed by atoms with Gasteiger partial charge in [-0.3, -0.25) is 9.59 Å². The lowest BCUT2D eigenvalue weighted by molar-refractivity contribution is -0.154. The maximum atomic E-state index is 12.6. The number of hydrogen-bond donors (Lipinski definition) is 1. The molecular weight excluding hydrogens is 333 g/mol. The molecule has 0 bridgehead atoms. The summed E-state index contributed by atoms with van der Waals surface area (Å²) in [5, 5.41) is 10.5. The molecule has 1 amide bonds. The zero-order valence-corrected chi connectivity index (χ0v) is 12.9. The van der Waals surface area contributed by atoms with Crippen LogP contribution in [-0.4, -0.2) is 40.0 Å². The van der Waals surface area contributed by atoms with E-state index in [-0.39, 0.29) is 12.5 Å². The first kappa shape index (κ1) is 16.2. The third-order valence-electron chi connectivity index (χ3n) is 4.44. The van der Waals surface area contributed by atoms with Crippen molar-refractivity contribution in [3.8, 4) is 0 Å². The number of carboxylic acids is 1. The van der Waals surface area contributed by atoms with Gasteiger partial charge >= 0.3 is 12.1 Å². The highest BCUT2D eigenvalue weighted by Crippen LogP contribution is 2.48. The molecule has 1 N–H and O–H groups in total. The molecule has 23 heavy (non-hydrogen) atoms. The molecule has 1 unspecified atom stereocenters. The fourth-order valence-corrected chi connectivity index (χ4v) is 3.87. The number of amides is 1. The first-order chi connectivity index (χ1) is 10.7. The number of nitrogens with zero attached hydrogens (tertiary/aromatic N) is 2. The Balaban J connectivity index is 1.73. The Morgan fingerprint density at radius 2 is 2.09 bits per heavy atom. The molecular formula is C14H15F3N2O3S. The van der Waals surface area contributed by atoms with Crippen molar-refractivity contribution in [2.75, 3.05) is 13.1 Å². The summed E-state index contributed by atoms with van der Waals surface area (Å²) in [5.74, 6) is -1.79. The van der Waals surface area contributed by atoms with Crippen LogP contribution in [-0.2, 0) is 15.8 Å². The minimum Gasteiger partial charge on any atom is -0.480 e. The fourth-order valence-electron chi connectivity index (χ4n) is 2.92. The maximum absolute atomic E-state index is 12.6. The zero-order chi connectivity index (χ0) is 16.8. The van der Waals surface area contributed by atoms with Crippen LogP contribution < -0.4 is 0 Å². The first-order valence-electron chi connectivity index (χ1n) is 7.29. The maximum Gasteiger partial charge on any atom is 0.434 e. The summed E-state index contributed by atoms with van der Waals surface area (Å²) in [4.78, 5) is 28.8. The molecule has 5 nitrogen and oxygen atoms in total. The van der Waals surface area contributed by atoms with Gasteiger partial charge in [0.1, 0.15) is 5.41 Å². The van der Waals surface area contributed by atoms with E-state index in [1.807, 2.05) is 0 Å². The van der Waals surface area contributed by atoms with Gasteiger partial charge in [0.25, 0.3) is 0 Å². The molecule has 3 rings (SSSR count). The molecule has 0 aromatic carbocycles. The molecule has 1 atom stereocenters. The SMILES string of the molecule is O=C(O)C1(C(=O)N2CCCC(c3nc(C(F)(F)F)cs3)C2)CC1. The highest BCUT2D eigenvalue weighted by Gasteiger charge is 2.58. The Hall–Kier alpha value is -1.64. The molecule has 1 aromatic rings. The van der Waals surface area contributed by atoms with Crippen molar-refractivity contribution in [2.45, 2.75) is 37.8 Å². The number of carbonyl (C=O) groups excluding carboxylic acids is 1. The molecule has 2 heterocycles. The van der Waals surface area contributed by atoms with Crippen molar-refractivity contribution < 1.29 is 27.9 Å². The number of halogens is 3.